The molecule has 1 aromatic heterocycles. The predicted molar refractivity (Wildman–Crippen MR) is 61.5 cm³/mol. The Bertz CT molecular complexity index is 533. The number of rotatable bonds is 1. The summed E-state index contributed by atoms with van der Waals surface area (Å²) in [5, 5.41) is 7.00. The Morgan fingerprint density at radius 1 is 1.25 bits per heavy atom. The summed E-state index contributed by atoms with van der Waals surface area (Å²) in [6, 6.07) is 0. The minimum absolute atomic E-state index is 0.196. The van der Waals surface area contributed by atoms with E-state index < -0.39 is 37.8 Å². The molecule has 6 heteroatoms. The van der Waals surface area contributed by atoms with Crippen LogP contribution in [0.3, 0.4) is 0 Å². The minimum atomic E-state index is -2.69. The van der Waals surface area contributed by atoms with Gasteiger partial charge in [0.05, 0.1) is 22.5 Å². The first-order valence-electron chi connectivity index (χ1n) is 7.99. The SMILES string of the molecule is [2H]C([2H])([2H])c1nnn(C([2H])([2H])[2H])c1B1OC(C)(C)C(C)(C)O1. The molecular formula is C10H18BN3O2. The number of nitrogens with zero attached hydrogens (tertiary/aromatic N) is 3. The molecule has 5 nitrogen and oxygen atoms in total. The molecule has 0 bridgehead atoms. The summed E-state index contributed by atoms with van der Waals surface area (Å²) in [6.45, 7) is 1.83. The van der Waals surface area contributed by atoms with Crippen molar-refractivity contribution in [2.24, 2.45) is 6.98 Å². The zero-order valence-corrected chi connectivity index (χ0v) is 9.74. The largest absolute Gasteiger partial charge is 0.516 e. The van der Waals surface area contributed by atoms with E-state index in [9.17, 15) is 0 Å². The van der Waals surface area contributed by atoms with Gasteiger partial charge in [-0.1, -0.05) is 5.21 Å². The molecular weight excluding hydrogens is 205 g/mol. The summed E-state index contributed by atoms with van der Waals surface area (Å²) in [6.07, 6.45) is 0. The molecule has 2 heterocycles. The smallest absolute Gasteiger partial charge is 0.398 e. The molecule has 0 spiro atoms. The third kappa shape index (κ3) is 1.56. The van der Waals surface area contributed by atoms with Crippen LogP contribution in [0.15, 0.2) is 0 Å². The van der Waals surface area contributed by atoms with E-state index in [0.717, 1.165) is 0 Å². The molecule has 88 valence electrons. The molecule has 1 aliphatic heterocycles. The fraction of sp³-hybridized carbons (Fsp3) is 0.800. The van der Waals surface area contributed by atoms with Crippen LogP contribution in [-0.2, 0) is 16.3 Å². The monoisotopic (exact) mass is 229 g/mol. The van der Waals surface area contributed by atoms with Crippen molar-refractivity contribution in [3.05, 3.63) is 5.69 Å². The highest BCUT2D eigenvalue weighted by atomic mass is 16.7. The van der Waals surface area contributed by atoms with Gasteiger partial charge in [0.25, 0.3) is 0 Å². The van der Waals surface area contributed by atoms with E-state index in [2.05, 4.69) is 10.3 Å². The zero-order valence-electron chi connectivity index (χ0n) is 15.7. The first-order chi connectivity index (χ1) is 9.67. The molecule has 1 saturated heterocycles. The van der Waals surface area contributed by atoms with Crippen LogP contribution in [0.5, 0.6) is 0 Å². The van der Waals surface area contributed by atoms with Crippen molar-refractivity contribution < 1.29 is 17.5 Å². The molecule has 0 atom stereocenters. The van der Waals surface area contributed by atoms with Crippen molar-refractivity contribution in [3.8, 4) is 0 Å². The predicted octanol–water partition coefficient (Wildman–Crippen LogP) is 0.423. The van der Waals surface area contributed by atoms with Crippen LogP contribution in [0.1, 0.15) is 41.6 Å². The lowest BCUT2D eigenvalue weighted by Crippen LogP contribution is -2.41. The van der Waals surface area contributed by atoms with Crippen molar-refractivity contribution >= 4 is 12.7 Å². The highest BCUT2D eigenvalue weighted by molar-refractivity contribution is 6.61. The lowest BCUT2D eigenvalue weighted by atomic mass is 9.83. The van der Waals surface area contributed by atoms with E-state index >= 15 is 0 Å². The molecule has 16 heavy (non-hydrogen) atoms. The van der Waals surface area contributed by atoms with E-state index in [1.165, 1.54) is 0 Å². The molecule has 0 aliphatic carbocycles. The summed E-state index contributed by atoms with van der Waals surface area (Å²) in [5.74, 6) is 0. The molecule has 0 radical (unpaired) electrons. The average Bonchev–Trinajstić information content (AvgIpc) is 2.76. The number of aryl methyl sites for hydroxylation is 2. The van der Waals surface area contributed by atoms with E-state index in [0.29, 0.717) is 4.68 Å². The Balaban J connectivity index is 2.57. The standard InChI is InChI=1S/C10H18BN3O2/c1-7-8(14(6)13-12-7)11-15-9(2,3)10(4,5)16-11/h1-6H3/i1D3,6D3. The fourth-order valence-corrected chi connectivity index (χ4v) is 1.46. The van der Waals surface area contributed by atoms with Crippen LogP contribution >= 0.6 is 0 Å². The maximum atomic E-state index is 7.52. The van der Waals surface area contributed by atoms with E-state index in [1.807, 2.05) is 0 Å². The highest BCUT2D eigenvalue weighted by Crippen LogP contribution is 2.36. The first-order valence-corrected chi connectivity index (χ1v) is 4.99. The average molecular weight is 229 g/mol. The van der Waals surface area contributed by atoms with Crippen LogP contribution in [0.2, 0.25) is 0 Å². The van der Waals surface area contributed by atoms with E-state index in [4.69, 9.17) is 17.5 Å². The Kier molecular flexibility index (Phi) is 1.27. The molecule has 0 amide bonds. The summed E-state index contributed by atoms with van der Waals surface area (Å²) in [7, 11) is -1.17. The lowest BCUT2D eigenvalue weighted by Gasteiger charge is -2.32. The normalized spacial score (nSPS) is 29.9. The number of hydrogen-bond acceptors (Lipinski definition) is 4. The van der Waals surface area contributed by atoms with Crippen LogP contribution in [0.25, 0.3) is 0 Å². The van der Waals surface area contributed by atoms with Crippen LogP contribution < -0.4 is 5.59 Å². The highest BCUT2D eigenvalue weighted by Gasteiger charge is 2.53. The van der Waals surface area contributed by atoms with Gasteiger partial charge in [0.1, 0.15) is 0 Å². The Morgan fingerprint density at radius 2 is 1.88 bits per heavy atom. The molecule has 0 saturated carbocycles. The fourth-order valence-electron chi connectivity index (χ4n) is 1.46. The van der Waals surface area contributed by atoms with Crippen molar-refractivity contribution in [3.63, 3.8) is 0 Å². The van der Waals surface area contributed by atoms with Crippen molar-refractivity contribution in [1.82, 2.24) is 15.0 Å². The summed E-state index contributed by atoms with van der Waals surface area (Å²) < 4.78 is 57.1. The van der Waals surface area contributed by atoms with Crippen molar-refractivity contribution in [1.29, 1.82) is 0 Å². The minimum Gasteiger partial charge on any atom is -0.398 e. The first kappa shape index (κ1) is 6.16. The second-order valence-electron chi connectivity index (χ2n) is 4.82. The van der Waals surface area contributed by atoms with Gasteiger partial charge in [-0.25, -0.2) is 0 Å². The molecule has 0 unspecified atom stereocenters. The van der Waals surface area contributed by atoms with Gasteiger partial charge >= 0.3 is 7.12 Å². The summed E-state index contributed by atoms with van der Waals surface area (Å²) in [5.41, 5.74) is -2.11. The molecule has 2 rings (SSSR count). The van der Waals surface area contributed by atoms with Gasteiger partial charge in [-0.15, -0.1) is 5.10 Å². The van der Waals surface area contributed by atoms with Crippen LogP contribution in [0, 0.1) is 6.85 Å². The number of aromatic nitrogens is 3. The van der Waals surface area contributed by atoms with Crippen LogP contribution in [-0.4, -0.2) is 33.3 Å². The van der Waals surface area contributed by atoms with E-state index in [-0.39, 0.29) is 5.59 Å². The van der Waals surface area contributed by atoms with Gasteiger partial charge in [-0.05, 0) is 34.5 Å². The Hall–Kier alpha value is -0.875. The maximum absolute atomic E-state index is 7.52. The quantitative estimate of drug-likeness (QED) is 0.655. The van der Waals surface area contributed by atoms with Gasteiger partial charge in [0.15, 0.2) is 0 Å². The number of hydrogen-bond donors (Lipinski definition) is 0. The Labute approximate surface area is 105 Å². The second kappa shape index (κ2) is 3.31. The second-order valence-corrected chi connectivity index (χ2v) is 4.82. The molecule has 0 aromatic carbocycles. The Morgan fingerprint density at radius 3 is 2.38 bits per heavy atom. The maximum Gasteiger partial charge on any atom is 0.516 e. The topological polar surface area (TPSA) is 49.2 Å². The van der Waals surface area contributed by atoms with Gasteiger partial charge in [-0.2, -0.15) is 0 Å². The summed E-state index contributed by atoms with van der Waals surface area (Å²) >= 11 is 0. The molecule has 0 N–H and O–H groups in total. The zero-order chi connectivity index (χ0) is 17.1. The van der Waals surface area contributed by atoms with Crippen molar-refractivity contribution in [2.75, 3.05) is 0 Å². The molecule has 1 aliphatic rings. The third-order valence-corrected chi connectivity index (χ3v) is 3.18. The molecule has 1 fully saturated rings. The third-order valence-electron chi connectivity index (χ3n) is 3.18. The van der Waals surface area contributed by atoms with E-state index in [1.54, 1.807) is 27.7 Å². The van der Waals surface area contributed by atoms with Crippen LogP contribution in [0.4, 0.5) is 0 Å². The van der Waals surface area contributed by atoms with Crippen molar-refractivity contribution in [2.45, 2.75) is 45.7 Å². The molecule has 1 aromatic rings. The summed E-state index contributed by atoms with van der Waals surface area (Å²) in [4.78, 5) is 0. The van der Waals surface area contributed by atoms with Gasteiger partial charge in [0.2, 0.25) is 0 Å². The van der Waals surface area contributed by atoms with Gasteiger partial charge in [-0.3, -0.25) is 4.68 Å². The van der Waals surface area contributed by atoms with Gasteiger partial charge in [0, 0.05) is 15.2 Å². The van der Waals surface area contributed by atoms with Gasteiger partial charge < -0.3 is 9.31 Å². The lowest BCUT2D eigenvalue weighted by molar-refractivity contribution is 0.00578.